The van der Waals surface area contributed by atoms with Gasteiger partial charge in [-0.15, -0.1) is 5.10 Å². The number of hydrazone groups is 4. The molecule has 18 N–H and O–H groups in total. The van der Waals surface area contributed by atoms with E-state index in [0.717, 1.165) is 0 Å². The summed E-state index contributed by atoms with van der Waals surface area (Å²) < 4.78 is 0. The van der Waals surface area contributed by atoms with Crippen molar-refractivity contribution in [2.75, 3.05) is 10.6 Å². The average Bonchev–Trinajstić information content (AvgIpc) is 2.95. The first-order chi connectivity index (χ1) is 20.6. The van der Waals surface area contributed by atoms with E-state index in [1.807, 2.05) is 0 Å². The minimum Gasteiger partial charge on any atom is -0.369 e. The smallest absolute Gasteiger partial charge is 0.223 e. The van der Waals surface area contributed by atoms with Gasteiger partial charge < -0.3 is 33.6 Å². The summed E-state index contributed by atoms with van der Waals surface area (Å²) in [5.41, 5.74) is 35.5. The second kappa shape index (κ2) is 15.5. The molecule has 0 unspecified atom stereocenters. The van der Waals surface area contributed by atoms with Crippen LogP contribution in [0, 0.1) is 21.6 Å². The summed E-state index contributed by atoms with van der Waals surface area (Å²) in [5, 5.41) is 52.2. The number of carbonyl (C=O) groups excluding carboxylic acids is 1. The van der Waals surface area contributed by atoms with Crippen LogP contribution in [0.4, 0.5) is 11.4 Å². The number of guanidine groups is 5. The summed E-state index contributed by atoms with van der Waals surface area (Å²) in [5.74, 6) is -1.62. The standard InChI is InChI=1S/C25H36N18O/c1-11(36-39-21(26)27)15-5-16(12(2)37-40-22(28)29)8-19(7-15)34-25(43-42-24(32)33)35-20-9-17(6-18(10-20)14(4)44)13(3)38-41-23(30)31/h5-10H,1-4H3,(H4,26,27,39)(H4,28,29,40)(H4,30,31,41)(H4,32,33,42)(H2,34,35,43). The molecule has 2 rings (SSSR count). The predicted molar refractivity (Wildman–Crippen MR) is 174 cm³/mol. The average molecular weight is 605 g/mol. The van der Waals surface area contributed by atoms with Crippen molar-refractivity contribution in [2.45, 2.75) is 27.7 Å². The summed E-state index contributed by atoms with van der Waals surface area (Å²) in [6, 6.07) is 10.1. The molecule has 0 radical (unpaired) electrons. The number of carbonyl (C=O) groups is 1. The van der Waals surface area contributed by atoms with Crippen LogP contribution >= 0.6 is 0 Å². The van der Waals surface area contributed by atoms with Crippen molar-refractivity contribution >= 4 is 64.1 Å². The Balaban J connectivity index is 2.62. The molecule has 0 fully saturated rings. The lowest BCUT2D eigenvalue weighted by atomic mass is 10.0. The summed E-state index contributed by atoms with van der Waals surface area (Å²) in [4.78, 5) is 12.3. The second-order valence-electron chi connectivity index (χ2n) is 9.06. The summed E-state index contributed by atoms with van der Waals surface area (Å²) >= 11 is 0. The Morgan fingerprint density at radius 1 is 0.523 bits per heavy atom. The van der Waals surface area contributed by atoms with Crippen LogP contribution in [-0.2, 0) is 0 Å². The Morgan fingerprint density at radius 2 is 0.818 bits per heavy atom. The topological polar surface area (TPSA) is 338 Å². The van der Waals surface area contributed by atoms with Crippen molar-refractivity contribution in [3.63, 3.8) is 0 Å². The number of benzene rings is 2. The SMILES string of the molecule is CC(=O)c1cc(NC(=NNC(=N)N)Nc2cc(C(C)=NNC(=N)N)cc(C(C)=NNC(=N)N)c2)cc(C(C)=NNC(=N)N)c1. The van der Waals surface area contributed by atoms with Gasteiger partial charge in [0, 0.05) is 33.6 Å². The summed E-state index contributed by atoms with van der Waals surface area (Å²) in [6.07, 6.45) is 0. The van der Waals surface area contributed by atoms with Crippen molar-refractivity contribution in [2.24, 2.45) is 43.3 Å². The maximum absolute atomic E-state index is 12.3. The predicted octanol–water partition coefficient (Wildman–Crippen LogP) is -0.212. The van der Waals surface area contributed by atoms with Crippen molar-refractivity contribution < 1.29 is 4.79 Å². The van der Waals surface area contributed by atoms with E-state index in [4.69, 9.17) is 44.6 Å². The zero-order valence-corrected chi connectivity index (χ0v) is 24.5. The molecule has 0 heterocycles. The number of nitrogens with zero attached hydrogens (tertiary/aromatic N) is 4. The van der Waals surface area contributed by atoms with Crippen LogP contribution in [0.1, 0.15) is 54.7 Å². The first kappa shape index (κ1) is 33.7. The molecule has 44 heavy (non-hydrogen) atoms. The fourth-order valence-corrected chi connectivity index (χ4v) is 3.33. The van der Waals surface area contributed by atoms with Crippen molar-refractivity contribution in [1.29, 1.82) is 21.6 Å². The van der Waals surface area contributed by atoms with Crippen LogP contribution in [0.2, 0.25) is 0 Å². The van der Waals surface area contributed by atoms with Crippen LogP contribution in [0.3, 0.4) is 0 Å². The monoisotopic (exact) mass is 604 g/mol. The molecule has 19 nitrogen and oxygen atoms in total. The van der Waals surface area contributed by atoms with Gasteiger partial charge >= 0.3 is 0 Å². The van der Waals surface area contributed by atoms with Crippen molar-refractivity contribution in [1.82, 2.24) is 21.7 Å². The number of hydrogen-bond donors (Lipinski definition) is 14. The summed E-state index contributed by atoms with van der Waals surface area (Å²) in [7, 11) is 0. The maximum atomic E-state index is 12.3. The maximum Gasteiger partial charge on any atom is 0.223 e. The van der Waals surface area contributed by atoms with Crippen LogP contribution in [-0.4, -0.2) is 52.7 Å². The lowest BCUT2D eigenvalue weighted by Crippen LogP contribution is -2.31. The van der Waals surface area contributed by atoms with Gasteiger partial charge in [0.1, 0.15) is 0 Å². The van der Waals surface area contributed by atoms with Gasteiger partial charge in [-0.2, -0.15) is 15.3 Å². The molecule has 0 bridgehead atoms. The second-order valence-corrected chi connectivity index (χ2v) is 9.06. The van der Waals surface area contributed by atoms with Crippen LogP contribution in [0.25, 0.3) is 0 Å². The summed E-state index contributed by atoms with van der Waals surface area (Å²) in [6.45, 7) is 6.48. The molecule has 0 aromatic heterocycles. The van der Waals surface area contributed by atoms with E-state index >= 15 is 0 Å². The van der Waals surface area contributed by atoms with Crippen molar-refractivity contribution in [3.8, 4) is 0 Å². The van der Waals surface area contributed by atoms with Gasteiger partial charge in [0.2, 0.25) is 29.8 Å². The highest BCUT2D eigenvalue weighted by atomic mass is 16.1. The molecule has 0 amide bonds. The van der Waals surface area contributed by atoms with E-state index in [0.29, 0.717) is 50.8 Å². The lowest BCUT2D eigenvalue weighted by Gasteiger charge is -2.16. The molecule has 0 aliphatic rings. The molecular formula is C25H36N18O. The van der Waals surface area contributed by atoms with Gasteiger partial charge in [-0.05, 0) is 64.1 Å². The quantitative estimate of drug-likeness (QED) is 0.0727. The fourth-order valence-electron chi connectivity index (χ4n) is 3.33. The Bertz CT molecular complexity index is 1540. The third-order valence-electron chi connectivity index (χ3n) is 5.37. The van der Waals surface area contributed by atoms with Crippen LogP contribution in [0.5, 0.6) is 0 Å². The zero-order chi connectivity index (χ0) is 33.0. The Kier molecular flexibility index (Phi) is 11.8. The first-order valence-electron chi connectivity index (χ1n) is 12.6. The number of Topliss-reactive ketones (excluding diaryl/α,β-unsaturated/α-hetero) is 1. The normalized spacial score (nSPS) is 12.1. The molecule has 19 heteroatoms. The molecule has 232 valence electrons. The van der Waals surface area contributed by atoms with Crippen LogP contribution in [0.15, 0.2) is 56.8 Å². The third kappa shape index (κ3) is 11.2. The van der Waals surface area contributed by atoms with E-state index in [1.54, 1.807) is 57.2 Å². The van der Waals surface area contributed by atoms with E-state index in [2.05, 4.69) is 52.7 Å². The highest BCUT2D eigenvalue weighted by Crippen LogP contribution is 2.20. The first-order valence-corrected chi connectivity index (χ1v) is 12.6. The minimum absolute atomic E-state index is 0.0688. The molecule has 2 aromatic carbocycles. The van der Waals surface area contributed by atoms with E-state index in [-0.39, 0.29) is 29.6 Å². The van der Waals surface area contributed by atoms with Crippen molar-refractivity contribution in [3.05, 3.63) is 58.7 Å². The Morgan fingerprint density at radius 3 is 1.14 bits per heavy atom. The van der Waals surface area contributed by atoms with Crippen LogP contribution < -0.4 is 55.3 Å². The highest BCUT2D eigenvalue weighted by Gasteiger charge is 2.12. The molecule has 0 aliphatic carbocycles. The molecule has 0 saturated carbocycles. The third-order valence-corrected chi connectivity index (χ3v) is 5.37. The van der Waals surface area contributed by atoms with Gasteiger partial charge in [-0.25, -0.2) is 21.7 Å². The Labute approximate surface area is 252 Å². The molecule has 0 spiro atoms. The van der Waals surface area contributed by atoms with E-state index in [9.17, 15) is 4.79 Å². The highest BCUT2D eigenvalue weighted by molar-refractivity contribution is 6.10. The number of nitrogens with two attached hydrogens (primary N) is 4. The van der Waals surface area contributed by atoms with E-state index in [1.165, 1.54) is 6.92 Å². The number of rotatable bonds is 10. The van der Waals surface area contributed by atoms with Gasteiger partial charge in [0.05, 0.1) is 17.1 Å². The molecule has 0 aliphatic heterocycles. The van der Waals surface area contributed by atoms with Gasteiger partial charge in [-0.1, -0.05) is 0 Å². The zero-order valence-electron chi connectivity index (χ0n) is 24.5. The molecular weight excluding hydrogens is 568 g/mol. The number of nitrogens with one attached hydrogen (secondary N) is 10. The Hall–Kier alpha value is -6.53. The number of anilines is 2. The molecule has 2 aromatic rings. The lowest BCUT2D eigenvalue weighted by molar-refractivity contribution is 0.101. The van der Waals surface area contributed by atoms with E-state index < -0.39 is 5.96 Å². The van der Waals surface area contributed by atoms with Gasteiger partial charge in [-0.3, -0.25) is 26.4 Å². The molecule has 0 atom stereocenters. The minimum atomic E-state index is -0.437. The van der Waals surface area contributed by atoms with Gasteiger partial charge in [0.25, 0.3) is 0 Å². The largest absolute Gasteiger partial charge is 0.369 e. The number of hydrogen-bond acceptors (Lipinski definition) is 9. The number of ketones is 1. The van der Waals surface area contributed by atoms with Gasteiger partial charge in [0.15, 0.2) is 5.78 Å². The molecule has 0 saturated heterocycles. The fraction of sp³-hybridized carbons (Fsp3) is 0.160.